The number of nitrogens with one attached hydrogen (secondary N) is 1. The van der Waals surface area contributed by atoms with Crippen molar-refractivity contribution >= 4 is 17.6 Å². The second kappa shape index (κ2) is 9.25. The predicted molar refractivity (Wildman–Crippen MR) is 113 cm³/mol. The number of hydrogen-bond acceptors (Lipinski definition) is 7. The van der Waals surface area contributed by atoms with Crippen molar-refractivity contribution in [3.63, 3.8) is 0 Å². The number of halogens is 3. The van der Waals surface area contributed by atoms with Crippen molar-refractivity contribution in [2.24, 2.45) is 0 Å². The van der Waals surface area contributed by atoms with Gasteiger partial charge in [-0.2, -0.15) is 18.3 Å². The predicted octanol–water partition coefficient (Wildman–Crippen LogP) is 2.29. The van der Waals surface area contributed by atoms with Gasteiger partial charge in [-0.15, -0.1) is 0 Å². The third-order valence-electron chi connectivity index (χ3n) is 5.45. The zero-order chi connectivity index (χ0) is 24.5. The number of alkyl halides is 3. The molecule has 0 atom stereocenters. The summed E-state index contributed by atoms with van der Waals surface area (Å²) < 4.78 is 44.6. The number of rotatable bonds is 5. The third-order valence-corrected chi connectivity index (χ3v) is 5.45. The summed E-state index contributed by atoms with van der Waals surface area (Å²) in [4.78, 5) is 32.6. The number of carbonyl (C=O) groups is 2. The molecule has 180 valence electrons. The van der Waals surface area contributed by atoms with Gasteiger partial charge in [0.25, 0.3) is 5.91 Å². The van der Waals surface area contributed by atoms with Crippen molar-refractivity contribution < 1.29 is 27.3 Å². The standard InChI is InChI=1S/C21H22F3N7O3/c1-13-9-17(28-34-13)27-19(32)12-29-5-7-30(8-6-29)20(33)16-11-26-31(14(16)2)18-4-3-15(10-25-18)21(22,23)24/h3-4,9-11H,5-8,12H2,1-2H3,(H,27,28,32). The molecule has 1 aliphatic rings. The third kappa shape index (κ3) is 5.09. The Labute approximate surface area is 192 Å². The molecule has 0 aliphatic carbocycles. The average molecular weight is 477 g/mol. The molecule has 4 rings (SSSR count). The highest BCUT2D eigenvalue weighted by Crippen LogP contribution is 2.29. The smallest absolute Gasteiger partial charge is 0.360 e. The minimum atomic E-state index is -4.48. The number of aromatic nitrogens is 4. The zero-order valence-electron chi connectivity index (χ0n) is 18.5. The van der Waals surface area contributed by atoms with E-state index in [1.807, 2.05) is 4.90 Å². The first-order valence-electron chi connectivity index (χ1n) is 10.4. The molecule has 1 fully saturated rings. The van der Waals surface area contributed by atoms with Gasteiger partial charge in [0, 0.05) is 38.4 Å². The number of piperazine rings is 1. The molecule has 0 bridgehead atoms. The summed E-state index contributed by atoms with van der Waals surface area (Å²) >= 11 is 0. The van der Waals surface area contributed by atoms with Gasteiger partial charge in [0.2, 0.25) is 5.91 Å². The summed E-state index contributed by atoms with van der Waals surface area (Å²) in [5.41, 5.74) is -0.0451. The van der Waals surface area contributed by atoms with E-state index in [0.29, 0.717) is 49.0 Å². The fraction of sp³-hybridized carbons (Fsp3) is 0.381. The monoisotopic (exact) mass is 477 g/mol. The van der Waals surface area contributed by atoms with Crippen LogP contribution in [0.1, 0.15) is 27.4 Å². The van der Waals surface area contributed by atoms with Gasteiger partial charge in [-0.25, -0.2) is 9.67 Å². The lowest BCUT2D eigenvalue weighted by atomic mass is 10.2. The SMILES string of the molecule is Cc1cc(NC(=O)CN2CCN(C(=O)c3cnn(-c4ccc(C(F)(F)F)cn4)c3C)CC2)no1. The molecule has 1 aliphatic heterocycles. The Kier molecular flexibility index (Phi) is 6.37. The molecule has 0 radical (unpaired) electrons. The van der Waals surface area contributed by atoms with Gasteiger partial charge in [0.1, 0.15) is 5.76 Å². The van der Waals surface area contributed by atoms with E-state index in [4.69, 9.17) is 4.52 Å². The molecule has 3 aromatic heterocycles. The van der Waals surface area contributed by atoms with E-state index in [1.165, 1.54) is 16.9 Å². The molecular formula is C21H22F3N7O3. The van der Waals surface area contributed by atoms with Gasteiger partial charge in [0.15, 0.2) is 11.6 Å². The Morgan fingerprint density at radius 3 is 2.44 bits per heavy atom. The molecule has 34 heavy (non-hydrogen) atoms. The minimum Gasteiger partial charge on any atom is -0.360 e. The van der Waals surface area contributed by atoms with Crippen LogP contribution in [-0.4, -0.2) is 74.3 Å². The molecular weight excluding hydrogens is 455 g/mol. The van der Waals surface area contributed by atoms with Gasteiger partial charge in [-0.05, 0) is 26.0 Å². The number of pyridine rings is 1. The molecule has 2 amide bonds. The van der Waals surface area contributed by atoms with Crippen LogP contribution in [0.4, 0.5) is 19.0 Å². The molecule has 0 unspecified atom stereocenters. The summed E-state index contributed by atoms with van der Waals surface area (Å²) in [5, 5.41) is 10.5. The number of amides is 2. The Balaban J connectivity index is 1.34. The maximum absolute atomic E-state index is 13.0. The highest BCUT2D eigenvalue weighted by molar-refractivity contribution is 5.95. The van der Waals surface area contributed by atoms with Crippen LogP contribution in [0.25, 0.3) is 5.82 Å². The van der Waals surface area contributed by atoms with Crippen LogP contribution in [0.15, 0.2) is 35.1 Å². The minimum absolute atomic E-state index is 0.157. The topological polar surface area (TPSA) is 109 Å². The quantitative estimate of drug-likeness (QED) is 0.601. The van der Waals surface area contributed by atoms with Gasteiger partial charge in [0.05, 0.1) is 29.6 Å². The van der Waals surface area contributed by atoms with Crippen molar-refractivity contribution in [3.8, 4) is 5.82 Å². The first-order chi connectivity index (χ1) is 16.1. The molecule has 3 aromatic rings. The number of nitrogens with zero attached hydrogens (tertiary/aromatic N) is 6. The van der Waals surface area contributed by atoms with E-state index in [2.05, 4.69) is 20.6 Å². The van der Waals surface area contributed by atoms with Crippen molar-refractivity contribution in [1.82, 2.24) is 29.7 Å². The zero-order valence-corrected chi connectivity index (χ0v) is 18.5. The fourth-order valence-corrected chi connectivity index (χ4v) is 3.62. The first-order valence-corrected chi connectivity index (χ1v) is 10.4. The Hall–Kier alpha value is -3.74. The van der Waals surface area contributed by atoms with E-state index in [0.717, 1.165) is 12.3 Å². The normalized spacial score (nSPS) is 14.9. The second-order valence-corrected chi connectivity index (χ2v) is 7.90. The van der Waals surface area contributed by atoms with Gasteiger partial charge >= 0.3 is 6.18 Å². The van der Waals surface area contributed by atoms with E-state index in [1.54, 1.807) is 24.8 Å². The van der Waals surface area contributed by atoms with Crippen molar-refractivity contribution in [2.45, 2.75) is 20.0 Å². The van der Waals surface area contributed by atoms with Crippen LogP contribution in [0.5, 0.6) is 0 Å². The molecule has 1 saturated heterocycles. The lowest BCUT2D eigenvalue weighted by Crippen LogP contribution is -2.50. The molecule has 4 heterocycles. The molecule has 0 spiro atoms. The van der Waals surface area contributed by atoms with Gasteiger partial charge in [-0.3, -0.25) is 14.5 Å². The van der Waals surface area contributed by atoms with E-state index < -0.39 is 11.7 Å². The van der Waals surface area contributed by atoms with E-state index >= 15 is 0 Å². The van der Waals surface area contributed by atoms with Crippen molar-refractivity contribution in [2.75, 3.05) is 38.0 Å². The largest absolute Gasteiger partial charge is 0.417 e. The van der Waals surface area contributed by atoms with Crippen LogP contribution in [0.2, 0.25) is 0 Å². The van der Waals surface area contributed by atoms with E-state index in [9.17, 15) is 22.8 Å². The summed E-state index contributed by atoms with van der Waals surface area (Å²) in [5.74, 6) is 0.663. The van der Waals surface area contributed by atoms with Gasteiger partial charge in [-0.1, -0.05) is 5.16 Å². The van der Waals surface area contributed by atoms with Crippen molar-refractivity contribution in [1.29, 1.82) is 0 Å². The molecule has 10 nitrogen and oxygen atoms in total. The summed E-state index contributed by atoms with van der Waals surface area (Å²) in [7, 11) is 0. The average Bonchev–Trinajstić information content (AvgIpc) is 3.38. The number of hydrogen-bond donors (Lipinski definition) is 1. The number of anilines is 1. The Bertz CT molecular complexity index is 1180. The van der Waals surface area contributed by atoms with Crippen LogP contribution < -0.4 is 5.32 Å². The first kappa shape index (κ1) is 23.4. The summed E-state index contributed by atoms with van der Waals surface area (Å²) in [6.45, 7) is 5.38. The lowest BCUT2D eigenvalue weighted by Gasteiger charge is -2.34. The Morgan fingerprint density at radius 2 is 1.85 bits per heavy atom. The van der Waals surface area contributed by atoms with Crippen molar-refractivity contribution in [3.05, 3.63) is 53.2 Å². The molecule has 1 N–H and O–H groups in total. The fourth-order valence-electron chi connectivity index (χ4n) is 3.62. The molecule has 13 heteroatoms. The highest BCUT2D eigenvalue weighted by Gasteiger charge is 2.31. The van der Waals surface area contributed by atoms with E-state index in [-0.39, 0.29) is 24.2 Å². The number of carbonyl (C=O) groups excluding carboxylic acids is 2. The highest BCUT2D eigenvalue weighted by atomic mass is 19.4. The summed E-state index contributed by atoms with van der Waals surface area (Å²) in [6, 6.07) is 3.75. The molecule has 0 aromatic carbocycles. The Morgan fingerprint density at radius 1 is 1.12 bits per heavy atom. The van der Waals surface area contributed by atoms with Crippen LogP contribution in [-0.2, 0) is 11.0 Å². The number of aryl methyl sites for hydroxylation is 1. The molecule has 0 saturated carbocycles. The van der Waals surface area contributed by atoms with Crippen LogP contribution in [0, 0.1) is 13.8 Å². The summed E-state index contributed by atoms with van der Waals surface area (Å²) in [6.07, 6.45) is -2.36. The lowest BCUT2D eigenvalue weighted by molar-refractivity contribution is -0.137. The van der Waals surface area contributed by atoms with Crippen LogP contribution >= 0.6 is 0 Å². The second-order valence-electron chi connectivity index (χ2n) is 7.90. The maximum Gasteiger partial charge on any atom is 0.417 e. The maximum atomic E-state index is 13.0. The van der Waals surface area contributed by atoms with Gasteiger partial charge < -0.3 is 14.7 Å². The van der Waals surface area contributed by atoms with Crippen LogP contribution in [0.3, 0.4) is 0 Å².